The highest BCUT2D eigenvalue weighted by Crippen LogP contribution is 2.30. The van der Waals surface area contributed by atoms with Gasteiger partial charge >= 0.3 is 0 Å². The number of hydrogen-bond acceptors (Lipinski definition) is 4. The SMILES string of the molecule is N#C/C=C1\SCC(=O)N1C[C@@H](O)c1ccc(Cl)cc1. The van der Waals surface area contributed by atoms with E-state index in [-0.39, 0.29) is 12.5 Å². The Labute approximate surface area is 120 Å². The van der Waals surface area contributed by atoms with Gasteiger partial charge in [-0.1, -0.05) is 35.5 Å². The number of β-amino-alcohol motifs (C(OH)–C–C–N with tert-alkyl or cyclic N) is 1. The van der Waals surface area contributed by atoms with E-state index in [0.717, 1.165) is 0 Å². The molecule has 1 aliphatic rings. The lowest BCUT2D eigenvalue weighted by atomic mass is 10.1. The Bertz CT molecular complexity index is 551. The summed E-state index contributed by atoms with van der Waals surface area (Å²) in [6.07, 6.45) is 0.520. The van der Waals surface area contributed by atoms with Crippen LogP contribution in [0.15, 0.2) is 35.4 Å². The average molecular weight is 295 g/mol. The summed E-state index contributed by atoms with van der Waals surface area (Å²) in [6.45, 7) is 0.140. The number of aliphatic hydroxyl groups excluding tert-OH is 1. The molecular weight excluding hydrogens is 284 g/mol. The van der Waals surface area contributed by atoms with E-state index >= 15 is 0 Å². The molecule has 0 radical (unpaired) electrons. The van der Waals surface area contributed by atoms with Gasteiger partial charge in [-0.3, -0.25) is 4.79 Å². The molecule has 1 heterocycles. The molecule has 0 unspecified atom stereocenters. The van der Waals surface area contributed by atoms with Gasteiger partial charge in [-0.15, -0.1) is 0 Å². The smallest absolute Gasteiger partial charge is 0.237 e. The third-order valence-electron chi connectivity index (χ3n) is 2.71. The molecule has 19 heavy (non-hydrogen) atoms. The van der Waals surface area contributed by atoms with Gasteiger partial charge in [0.2, 0.25) is 5.91 Å². The van der Waals surface area contributed by atoms with Crippen molar-refractivity contribution in [2.75, 3.05) is 12.3 Å². The Balaban J connectivity index is 2.11. The quantitative estimate of drug-likeness (QED) is 0.869. The number of carbonyl (C=O) groups is 1. The second-order valence-corrected chi connectivity index (χ2v) is 5.40. The zero-order chi connectivity index (χ0) is 13.8. The van der Waals surface area contributed by atoms with Gasteiger partial charge in [-0.05, 0) is 17.7 Å². The molecule has 2 rings (SSSR count). The molecule has 1 atom stereocenters. The van der Waals surface area contributed by atoms with Crippen LogP contribution in [0.25, 0.3) is 0 Å². The number of thioether (sulfide) groups is 1. The minimum atomic E-state index is -0.804. The number of nitrogens with zero attached hydrogens (tertiary/aromatic N) is 2. The highest BCUT2D eigenvalue weighted by molar-refractivity contribution is 8.04. The first-order chi connectivity index (χ1) is 9.11. The van der Waals surface area contributed by atoms with Crippen LogP contribution in [0.1, 0.15) is 11.7 Å². The van der Waals surface area contributed by atoms with Crippen molar-refractivity contribution in [3.05, 3.63) is 46.0 Å². The van der Waals surface area contributed by atoms with E-state index in [9.17, 15) is 9.90 Å². The molecule has 1 fully saturated rings. The summed E-state index contributed by atoms with van der Waals surface area (Å²) in [5, 5.41) is 20.0. The van der Waals surface area contributed by atoms with Crippen molar-refractivity contribution in [2.24, 2.45) is 0 Å². The van der Waals surface area contributed by atoms with Crippen LogP contribution in [0.3, 0.4) is 0 Å². The van der Waals surface area contributed by atoms with Crippen LogP contribution < -0.4 is 0 Å². The third kappa shape index (κ3) is 3.29. The topological polar surface area (TPSA) is 64.3 Å². The molecule has 1 amide bonds. The summed E-state index contributed by atoms with van der Waals surface area (Å²) in [6, 6.07) is 8.71. The Morgan fingerprint density at radius 1 is 1.53 bits per heavy atom. The van der Waals surface area contributed by atoms with E-state index in [0.29, 0.717) is 21.4 Å². The summed E-state index contributed by atoms with van der Waals surface area (Å²) in [5.41, 5.74) is 0.686. The van der Waals surface area contributed by atoms with Gasteiger partial charge in [0.1, 0.15) is 0 Å². The molecule has 1 aliphatic heterocycles. The van der Waals surface area contributed by atoms with Crippen LogP contribution in [-0.2, 0) is 4.79 Å². The van der Waals surface area contributed by atoms with Gasteiger partial charge in [0.15, 0.2) is 0 Å². The molecular formula is C13H11ClN2O2S. The Morgan fingerprint density at radius 3 is 2.84 bits per heavy atom. The Hall–Kier alpha value is -1.48. The van der Waals surface area contributed by atoms with Crippen LogP contribution in [0.5, 0.6) is 0 Å². The maximum absolute atomic E-state index is 11.7. The second kappa shape index (κ2) is 6.11. The first-order valence-corrected chi connectivity index (χ1v) is 6.94. The van der Waals surface area contributed by atoms with Crippen molar-refractivity contribution >= 4 is 29.3 Å². The number of benzene rings is 1. The molecule has 98 valence electrons. The standard InChI is InChI=1S/C13H11ClN2O2S/c14-10-3-1-9(2-4-10)11(17)7-16-12(18)8-19-13(16)5-6-15/h1-5,11,17H,7-8H2/b13-5-/t11-/m1/s1. The maximum atomic E-state index is 11.7. The first kappa shape index (κ1) is 13.9. The van der Waals surface area contributed by atoms with E-state index in [1.54, 1.807) is 24.3 Å². The minimum Gasteiger partial charge on any atom is -0.387 e. The minimum absolute atomic E-state index is 0.0977. The molecule has 0 bridgehead atoms. The van der Waals surface area contributed by atoms with Gasteiger partial charge in [0, 0.05) is 11.1 Å². The molecule has 6 heteroatoms. The summed E-state index contributed by atoms with van der Waals surface area (Å²) < 4.78 is 0. The number of rotatable bonds is 3. The van der Waals surface area contributed by atoms with E-state index in [1.807, 2.05) is 6.07 Å². The zero-order valence-electron chi connectivity index (χ0n) is 9.91. The third-order valence-corrected chi connectivity index (χ3v) is 3.99. The van der Waals surface area contributed by atoms with Crippen LogP contribution >= 0.6 is 23.4 Å². The molecule has 0 aromatic heterocycles. The van der Waals surface area contributed by atoms with Crippen LogP contribution in [-0.4, -0.2) is 28.2 Å². The summed E-state index contributed by atoms with van der Waals surface area (Å²) >= 11 is 7.09. The molecule has 1 aromatic carbocycles. The molecule has 1 saturated heterocycles. The van der Waals surface area contributed by atoms with Crippen molar-refractivity contribution in [1.82, 2.24) is 4.90 Å². The fraction of sp³-hybridized carbons (Fsp3) is 0.231. The first-order valence-electron chi connectivity index (χ1n) is 5.58. The number of allylic oxidation sites excluding steroid dienone is 1. The number of carbonyl (C=O) groups excluding carboxylic acids is 1. The van der Waals surface area contributed by atoms with Crippen molar-refractivity contribution < 1.29 is 9.90 Å². The number of hydrogen-bond donors (Lipinski definition) is 1. The lowest BCUT2D eigenvalue weighted by Gasteiger charge is -2.20. The highest BCUT2D eigenvalue weighted by Gasteiger charge is 2.28. The van der Waals surface area contributed by atoms with Crippen molar-refractivity contribution in [3.63, 3.8) is 0 Å². The zero-order valence-corrected chi connectivity index (χ0v) is 11.5. The molecule has 0 spiro atoms. The van der Waals surface area contributed by atoms with E-state index in [2.05, 4.69) is 0 Å². The molecule has 0 aliphatic carbocycles. The predicted molar refractivity (Wildman–Crippen MR) is 74.3 cm³/mol. The highest BCUT2D eigenvalue weighted by atomic mass is 35.5. The molecule has 1 aromatic rings. The fourth-order valence-electron chi connectivity index (χ4n) is 1.74. The summed E-state index contributed by atoms with van der Waals surface area (Å²) in [4.78, 5) is 13.1. The molecule has 1 N–H and O–H groups in total. The number of halogens is 1. The summed E-state index contributed by atoms with van der Waals surface area (Å²) in [5.74, 6) is 0.209. The second-order valence-electron chi connectivity index (χ2n) is 3.97. The normalized spacial score (nSPS) is 18.7. The van der Waals surface area contributed by atoms with Crippen LogP contribution in [0.4, 0.5) is 0 Å². The lowest BCUT2D eigenvalue weighted by molar-refractivity contribution is -0.126. The van der Waals surface area contributed by atoms with Crippen LogP contribution in [0, 0.1) is 11.3 Å². The average Bonchev–Trinajstić information content (AvgIpc) is 2.73. The number of nitriles is 1. The van der Waals surface area contributed by atoms with E-state index < -0.39 is 6.10 Å². The van der Waals surface area contributed by atoms with Gasteiger partial charge in [0.25, 0.3) is 0 Å². The van der Waals surface area contributed by atoms with Crippen molar-refractivity contribution in [3.8, 4) is 6.07 Å². The monoisotopic (exact) mass is 294 g/mol. The molecule has 0 saturated carbocycles. The van der Waals surface area contributed by atoms with Crippen LogP contribution in [0.2, 0.25) is 5.02 Å². The number of aliphatic hydroxyl groups is 1. The van der Waals surface area contributed by atoms with E-state index in [4.69, 9.17) is 16.9 Å². The van der Waals surface area contributed by atoms with Gasteiger partial charge in [-0.2, -0.15) is 5.26 Å². The van der Waals surface area contributed by atoms with Crippen molar-refractivity contribution in [2.45, 2.75) is 6.10 Å². The van der Waals surface area contributed by atoms with Gasteiger partial charge in [0.05, 0.1) is 29.5 Å². The fourth-order valence-corrected chi connectivity index (χ4v) is 2.77. The lowest BCUT2D eigenvalue weighted by Crippen LogP contribution is -2.29. The summed E-state index contributed by atoms with van der Waals surface area (Å²) in [7, 11) is 0. The maximum Gasteiger partial charge on any atom is 0.237 e. The Morgan fingerprint density at radius 2 is 2.21 bits per heavy atom. The predicted octanol–water partition coefficient (Wildman–Crippen LogP) is 2.31. The van der Waals surface area contributed by atoms with Gasteiger partial charge in [-0.25, -0.2) is 0 Å². The largest absolute Gasteiger partial charge is 0.387 e. The van der Waals surface area contributed by atoms with E-state index in [1.165, 1.54) is 22.7 Å². The van der Waals surface area contributed by atoms with Crippen molar-refractivity contribution in [1.29, 1.82) is 5.26 Å². The Kier molecular flexibility index (Phi) is 4.48. The van der Waals surface area contributed by atoms with Gasteiger partial charge < -0.3 is 10.0 Å². The molecule has 4 nitrogen and oxygen atoms in total. The number of amides is 1.